The Kier molecular flexibility index (Phi) is 21.8. The molecule has 21 atom stereocenters. The van der Waals surface area contributed by atoms with Crippen LogP contribution in [-0.4, -0.2) is 208 Å². The molecule has 1 aromatic carbocycles. The number of carbonyl (C=O) groups excluding carboxylic acids is 4. The number of allylic oxidation sites excluding steroid dienone is 2. The van der Waals surface area contributed by atoms with E-state index < -0.39 is 178 Å². The van der Waals surface area contributed by atoms with E-state index in [-0.39, 0.29) is 5.56 Å². The first-order valence-corrected chi connectivity index (χ1v) is 25.6. The smallest absolute Gasteiger partial charge is 0.251 e. The molecule has 0 aromatic heterocycles. The lowest BCUT2D eigenvalue weighted by molar-refractivity contribution is -0.338. The maximum absolute atomic E-state index is 14.0. The minimum atomic E-state index is -1.78. The van der Waals surface area contributed by atoms with Crippen molar-refractivity contribution in [3.05, 3.63) is 42.0 Å². The molecular formula is C50H78N4O19. The topological polar surface area (TPSA) is 343 Å². The van der Waals surface area contributed by atoms with E-state index >= 15 is 0 Å². The summed E-state index contributed by atoms with van der Waals surface area (Å²) in [6.45, 7) is 5.00. The van der Waals surface area contributed by atoms with Crippen molar-refractivity contribution in [3.8, 4) is 5.75 Å². The van der Waals surface area contributed by atoms with Crippen LogP contribution in [-0.2, 0) is 42.8 Å². The van der Waals surface area contributed by atoms with E-state index in [1.54, 1.807) is 31.2 Å². The molecule has 23 nitrogen and oxygen atoms in total. The minimum absolute atomic E-state index is 0.181. The maximum Gasteiger partial charge on any atom is 0.251 e. The van der Waals surface area contributed by atoms with Gasteiger partial charge in [-0.25, -0.2) is 0 Å². The van der Waals surface area contributed by atoms with E-state index in [4.69, 9.17) is 33.2 Å². The van der Waals surface area contributed by atoms with Gasteiger partial charge in [0.25, 0.3) is 5.91 Å². The third-order valence-corrected chi connectivity index (χ3v) is 14.4. The first kappa shape index (κ1) is 58.3. The molecule has 1 aliphatic carbocycles. The van der Waals surface area contributed by atoms with Crippen molar-refractivity contribution in [1.29, 1.82) is 0 Å². The van der Waals surface area contributed by atoms with E-state index in [9.17, 15) is 60.0 Å². The highest BCUT2D eigenvalue weighted by Gasteiger charge is 2.69. The summed E-state index contributed by atoms with van der Waals surface area (Å²) in [6, 6.07) is 1.56. The Labute approximate surface area is 425 Å². The van der Waals surface area contributed by atoms with Crippen LogP contribution in [0.2, 0.25) is 0 Å². The Morgan fingerprint density at radius 2 is 1.15 bits per heavy atom. The van der Waals surface area contributed by atoms with Crippen LogP contribution in [0.5, 0.6) is 5.75 Å². The molecule has 0 radical (unpaired) electrons. The molecule has 412 valence electrons. The number of hydrogen-bond donors (Lipinski definition) is 12. The predicted molar refractivity (Wildman–Crippen MR) is 256 cm³/mol. The Hall–Kier alpha value is -3.92. The molecule has 4 amide bonds. The lowest BCUT2D eigenvalue weighted by Crippen LogP contribution is -2.69. The van der Waals surface area contributed by atoms with Gasteiger partial charge in [-0.1, -0.05) is 44.4 Å². The summed E-state index contributed by atoms with van der Waals surface area (Å²) in [5.74, 6) is -3.98. The van der Waals surface area contributed by atoms with Crippen LogP contribution in [0.15, 0.2) is 36.4 Å². The molecular weight excluding hydrogens is 961 g/mol. The van der Waals surface area contributed by atoms with Gasteiger partial charge in [0.2, 0.25) is 17.7 Å². The van der Waals surface area contributed by atoms with Gasteiger partial charge >= 0.3 is 0 Å². The van der Waals surface area contributed by atoms with Gasteiger partial charge in [0.05, 0.1) is 69.5 Å². The number of nitrogens with one attached hydrogen (secondary N) is 4. The number of amides is 4. The number of ether oxygens (including phenoxy) is 7. The number of carbonyl (C=O) groups is 4. The first-order valence-electron chi connectivity index (χ1n) is 25.6. The molecule has 12 N–H and O–H groups in total. The quantitative estimate of drug-likeness (QED) is 0.0395. The monoisotopic (exact) mass is 1040 g/mol. The van der Waals surface area contributed by atoms with Crippen LogP contribution in [0.4, 0.5) is 0 Å². The van der Waals surface area contributed by atoms with Crippen molar-refractivity contribution in [2.45, 2.75) is 190 Å². The molecule has 1 aromatic rings. The molecule has 73 heavy (non-hydrogen) atoms. The molecule has 4 aliphatic heterocycles. The van der Waals surface area contributed by atoms with E-state index in [1.807, 2.05) is 0 Å². The third kappa shape index (κ3) is 14.3. The second-order valence-electron chi connectivity index (χ2n) is 19.7. The SMILES string of the molecule is CCCCCCC=CCCCOc1cccc(C(=O)NC2C(O)C(O)C(CO)OC2C2C3C(CO)OC(OC4C(CO)OC(OC5C(CO)OC(C)C(NC(C)=O)C5O)C(NC(C)=O)C4O)C(NC(C)=O)C32)c1. The highest BCUT2D eigenvalue weighted by molar-refractivity contribution is 5.94. The molecule has 0 spiro atoms. The number of aliphatic hydroxyl groups excluding tert-OH is 8. The van der Waals surface area contributed by atoms with Gasteiger partial charge in [-0.2, -0.15) is 0 Å². The lowest BCUT2D eigenvalue weighted by Gasteiger charge is -2.49. The summed E-state index contributed by atoms with van der Waals surface area (Å²) in [6.07, 6.45) is -7.84. The van der Waals surface area contributed by atoms with Gasteiger partial charge < -0.3 is 95.3 Å². The first-order chi connectivity index (χ1) is 35.0. The summed E-state index contributed by atoms with van der Waals surface area (Å²) in [5.41, 5.74) is 0.181. The van der Waals surface area contributed by atoms with Crippen LogP contribution >= 0.6 is 0 Å². The van der Waals surface area contributed by atoms with Gasteiger partial charge in [-0.05, 0) is 68.6 Å². The molecule has 23 heteroatoms. The standard InChI is InChI=1S/C50H78N4O19/c1-6-7-8-9-10-11-12-13-14-18-67-29-17-15-16-28(19-29)48(66)54-39-42(63)41(62)31(21-56)69-47(39)36-34-30(20-55)70-49(38(35(34)36)52-26(4)60)72-46-33(23-58)71-50(40(44(46)65)53-27(5)61)73-45-32(22-57)68-24(2)37(43(45)64)51-25(3)59/h11-12,15-17,19,24,30-47,49-50,55-58,62-65H,6-10,13-14,18,20-23H2,1-5H3,(H,51,59)(H,52,60)(H,53,61)(H,54,66). The second-order valence-corrected chi connectivity index (χ2v) is 19.7. The van der Waals surface area contributed by atoms with Crippen molar-refractivity contribution >= 4 is 23.6 Å². The van der Waals surface area contributed by atoms with Crippen molar-refractivity contribution < 1.29 is 93.2 Å². The van der Waals surface area contributed by atoms with E-state index in [0.29, 0.717) is 12.4 Å². The molecule has 4 saturated heterocycles. The Morgan fingerprint density at radius 1 is 0.589 bits per heavy atom. The van der Waals surface area contributed by atoms with Gasteiger partial charge in [-0.3, -0.25) is 19.2 Å². The second kappa shape index (κ2) is 27.2. The van der Waals surface area contributed by atoms with Gasteiger partial charge in [-0.15, -0.1) is 0 Å². The normalized spacial score (nSPS) is 38.2. The van der Waals surface area contributed by atoms with Gasteiger partial charge in [0.15, 0.2) is 12.6 Å². The zero-order chi connectivity index (χ0) is 53.1. The Balaban J connectivity index is 1.20. The molecule has 21 unspecified atom stereocenters. The van der Waals surface area contributed by atoms with Crippen LogP contribution in [0.1, 0.15) is 89.9 Å². The minimum Gasteiger partial charge on any atom is -0.494 e. The molecule has 6 rings (SSSR count). The van der Waals surface area contributed by atoms with Crippen molar-refractivity contribution in [2.24, 2.45) is 17.8 Å². The molecule has 5 fully saturated rings. The average Bonchev–Trinajstić information content (AvgIpc) is 4.11. The van der Waals surface area contributed by atoms with E-state index in [1.165, 1.54) is 33.1 Å². The number of rotatable bonds is 24. The average molecular weight is 1040 g/mol. The molecule has 4 heterocycles. The van der Waals surface area contributed by atoms with Crippen molar-refractivity contribution in [1.82, 2.24) is 21.3 Å². The summed E-state index contributed by atoms with van der Waals surface area (Å²) < 4.78 is 43.1. The summed E-state index contributed by atoms with van der Waals surface area (Å²) in [7, 11) is 0. The Morgan fingerprint density at radius 3 is 1.77 bits per heavy atom. The third-order valence-electron chi connectivity index (χ3n) is 14.4. The highest BCUT2D eigenvalue weighted by Crippen LogP contribution is 2.59. The van der Waals surface area contributed by atoms with Crippen LogP contribution in [0.25, 0.3) is 0 Å². The molecule has 5 aliphatic rings. The molecule has 1 saturated carbocycles. The maximum atomic E-state index is 14.0. The van der Waals surface area contributed by atoms with Crippen molar-refractivity contribution in [2.75, 3.05) is 33.0 Å². The fourth-order valence-corrected chi connectivity index (χ4v) is 10.9. The number of aliphatic hydroxyl groups is 8. The number of fused-ring (bicyclic) bond motifs is 1. The summed E-state index contributed by atoms with van der Waals surface area (Å²) >= 11 is 0. The zero-order valence-corrected chi connectivity index (χ0v) is 42.1. The fourth-order valence-electron chi connectivity index (χ4n) is 10.9. The van der Waals surface area contributed by atoms with Crippen LogP contribution in [0.3, 0.4) is 0 Å². The van der Waals surface area contributed by atoms with Crippen molar-refractivity contribution in [3.63, 3.8) is 0 Å². The molecule has 0 bridgehead atoms. The van der Waals surface area contributed by atoms with Gasteiger partial charge in [0.1, 0.15) is 66.7 Å². The summed E-state index contributed by atoms with van der Waals surface area (Å²) in [5, 5.41) is 98.9. The largest absolute Gasteiger partial charge is 0.494 e. The number of benzene rings is 1. The predicted octanol–water partition coefficient (Wildman–Crippen LogP) is -1.97. The lowest BCUT2D eigenvalue weighted by atomic mass is 9.88. The highest BCUT2D eigenvalue weighted by atomic mass is 16.7. The fraction of sp³-hybridized carbons (Fsp3) is 0.760. The van der Waals surface area contributed by atoms with Gasteiger partial charge in [0, 0.05) is 26.3 Å². The Bertz CT molecular complexity index is 1990. The van der Waals surface area contributed by atoms with Crippen LogP contribution < -0.4 is 26.0 Å². The summed E-state index contributed by atoms with van der Waals surface area (Å²) in [4.78, 5) is 51.6. The van der Waals surface area contributed by atoms with E-state index in [0.717, 1.165) is 32.6 Å². The van der Waals surface area contributed by atoms with E-state index in [2.05, 4.69) is 40.3 Å². The number of unbranched alkanes of at least 4 members (excludes halogenated alkanes) is 5. The number of hydrogen-bond acceptors (Lipinski definition) is 19. The van der Waals surface area contributed by atoms with Crippen LogP contribution in [0, 0.1) is 17.8 Å². The zero-order valence-electron chi connectivity index (χ0n) is 42.1.